The fourth-order valence-electron chi connectivity index (χ4n) is 3.10. The average Bonchev–Trinajstić information content (AvgIpc) is 3.10. The average molecular weight is 365 g/mol. The monoisotopic (exact) mass is 365 g/mol. The number of pyridine rings is 1. The van der Waals surface area contributed by atoms with E-state index in [1.54, 1.807) is 16.8 Å². The second-order valence-corrected chi connectivity index (χ2v) is 6.35. The summed E-state index contributed by atoms with van der Waals surface area (Å²) < 4.78 is 7.28. The number of carbonyl (C=O) groups excluding carboxylic acids is 2. The lowest BCUT2D eigenvalue weighted by Gasteiger charge is -2.29. The summed E-state index contributed by atoms with van der Waals surface area (Å²) in [5, 5.41) is 8.24. The minimum atomic E-state index is -0.146. The van der Waals surface area contributed by atoms with Gasteiger partial charge in [0.05, 0.1) is 12.2 Å². The van der Waals surface area contributed by atoms with Crippen LogP contribution in [0.4, 0.5) is 5.69 Å². The maximum absolute atomic E-state index is 12.6. The molecule has 0 saturated heterocycles. The Hall–Kier alpha value is -3.42. The van der Waals surface area contributed by atoms with Crippen molar-refractivity contribution in [1.29, 1.82) is 0 Å². The number of rotatable bonds is 5. The molecule has 0 atom stereocenters. The van der Waals surface area contributed by atoms with E-state index in [1.165, 1.54) is 0 Å². The van der Waals surface area contributed by atoms with Gasteiger partial charge in [-0.1, -0.05) is 18.2 Å². The highest BCUT2D eigenvalue weighted by Gasteiger charge is 2.26. The minimum absolute atomic E-state index is 0.00717. The molecule has 0 spiro atoms. The molecule has 0 unspecified atom stereocenters. The second-order valence-electron chi connectivity index (χ2n) is 6.35. The van der Waals surface area contributed by atoms with Crippen LogP contribution in [0.25, 0.3) is 5.65 Å². The van der Waals surface area contributed by atoms with E-state index in [-0.39, 0.29) is 24.8 Å². The topological polar surface area (TPSA) is 80.0 Å². The number of hydrogen-bond donors (Lipinski definition) is 0. The first-order chi connectivity index (χ1) is 13.1. The van der Waals surface area contributed by atoms with Gasteiger partial charge in [0.25, 0.3) is 5.91 Å². The number of ether oxygens (including phenoxy) is 1. The standard InChI is InChI=1S/C19H19N5O3/c1-22(12-17-21-20-16-8-4-5-10-24(16)17)18(25)9-11-23-14-6-2-3-7-15(14)27-13-19(23)26/h2-8,10H,9,11-13H2,1H3. The molecule has 4 rings (SSSR count). The molecular formula is C19H19N5O3. The largest absolute Gasteiger partial charge is 0.482 e. The molecule has 8 heteroatoms. The van der Waals surface area contributed by atoms with Gasteiger partial charge in [0, 0.05) is 26.2 Å². The van der Waals surface area contributed by atoms with Gasteiger partial charge in [-0.05, 0) is 24.3 Å². The Balaban J connectivity index is 1.41. The second kappa shape index (κ2) is 7.06. The summed E-state index contributed by atoms with van der Waals surface area (Å²) in [5.74, 6) is 1.13. The van der Waals surface area contributed by atoms with Crippen LogP contribution >= 0.6 is 0 Å². The van der Waals surface area contributed by atoms with Crippen LogP contribution in [0.1, 0.15) is 12.2 Å². The van der Waals surface area contributed by atoms with Crippen LogP contribution in [0.2, 0.25) is 0 Å². The van der Waals surface area contributed by atoms with Crippen molar-refractivity contribution in [1.82, 2.24) is 19.5 Å². The fourth-order valence-corrected chi connectivity index (χ4v) is 3.10. The first-order valence-electron chi connectivity index (χ1n) is 8.68. The summed E-state index contributed by atoms with van der Waals surface area (Å²) in [6.07, 6.45) is 2.08. The molecule has 138 valence electrons. The van der Waals surface area contributed by atoms with Crippen molar-refractivity contribution in [2.75, 3.05) is 25.1 Å². The molecule has 1 aliphatic heterocycles. The molecule has 8 nitrogen and oxygen atoms in total. The van der Waals surface area contributed by atoms with Gasteiger partial charge in [-0.3, -0.25) is 14.0 Å². The quantitative estimate of drug-likeness (QED) is 0.685. The third-order valence-corrected chi connectivity index (χ3v) is 4.55. The summed E-state index contributed by atoms with van der Waals surface area (Å²) in [5.41, 5.74) is 1.44. The Kier molecular flexibility index (Phi) is 4.45. The molecule has 0 aliphatic carbocycles. The van der Waals surface area contributed by atoms with Crippen molar-refractivity contribution < 1.29 is 14.3 Å². The molecule has 0 radical (unpaired) electrons. The first-order valence-corrected chi connectivity index (χ1v) is 8.68. The summed E-state index contributed by atoms with van der Waals surface area (Å²) in [7, 11) is 1.72. The maximum atomic E-state index is 12.6. The van der Waals surface area contributed by atoms with Crippen LogP contribution in [0.5, 0.6) is 5.75 Å². The van der Waals surface area contributed by atoms with E-state index in [0.29, 0.717) is 30.4 Å². The third kappa shape index (κ3) is 3.33. The summed E-state index contributed by atoms with van der Waals surface area (Å²) in [6.45, 7) is 0.646. The van der Waals surface area contributed by atoms with Crippen molar-refractivity contribution in [3.8, 4) is 5.75 Å². The molecule has 3 aromatic rings. The lowest BCUT2D eigenvalue weighted by Crippen LogP contribution is -2.41. The van der Waals surface area contributed by atoms with Crippen LogP contribution < -0.4 is 9.64 Å². The summed E-state index contributed by atoms with van der Waals surface area (Å²) in [4.78, 5) is 28.0. The molecule has 2 amide bonds. The van der Waals surface area contributed by atoms with Gasteiger partial charge in [-0.25, -0.2) is 0 Å². The molecule has 0 bridgehead atoms. The minimum Gasteiger partial charge on any atom is -0.482 e. The Bertz CT molecular complexity index is 1000. The molecule has 0 N–H and O–H groups in total. The van der Waals surface area contributed by atoms with Crippen molar-refractivity contribution in [3.05, 3.63) is 54.5 Å². The molecule has 1 aromatic carbocycles. The summed E-state index contributed by atoms with van der Waals surface area (Å²) >= 11 is 0. The van der Waals surface area contributed by atoms with Gasteiger partial charge in [-0.15, -0.1) is 10.2 Å². The molecule has 27 heavy (non-hydrogen) atoms. The number of para-hydroxylation sites is 2. The number of anilines is 1. The van der Waals surface area contributed by atoms with Crippen LogP contribution in [0.15, 0.2) is 48.7 Å². The lowest BCUT2D eigenvalue weighted by molar-refractivity contribution is -0.130. The Labute approximate surface area is 156 Å². The number of nitrogens with zero attached hydrogens (tertiary/aromatic N) is 5. The molecule has 0 fully saturated rings. The van der Waals surface area contributed by atoms with Gasteiger partial charge in [0.2, 0.25) is 5.91 Å². The van der Waals surface area contributed by atoms with E-state index in [4.69, 9.17) is 4.74 Å². The SMILES string of the molecule is CN(Cc1nnc2ccccn12)C(=O)CCN1C(=O)COc2ccccc21. The smallest absolute Gasteiger partial charge is 0.265 e. The number of fused-ring (bicyclic) bond motifs is 2. The zero-order valence-electron chi connectivity index (χ0n) is 14.9. The lowest BCUT2D eigenvalue weighted by atomic mass is 10.2. The Morgan fingerprint density at radius 2 is 2.00 bits per heavy atom. The van der Waals surface area contributed by atoms with Gasteiger partial charge >= 0.3 is 0 Å². The van der Waals surface area contributed by atoms with E-state index in [1.807, 2.05) is 53.1 Å². The normalized spacial score (nSPS) is 13.4. The molecule has 0 saturated carbocycles. The molecule has 1 aliphatic rings. The number of benzene rings is 1. The molecule has 2 aromatic heterocycles. The summed E-state index contributed by atoms with van der Waals surface area (Å²) in [6, 6.07) is 13.0. The highest BCUT2D eigenvalue weighted by atomic mass is 16.5. The Morgan fingerprint density at radius 3 is 2.89 bits per heavy atom. The van der Waals surface area contributed by atoms with Gasteiger partial charge in [0.1, 0.15) is 5.75 Å². The van der Waals surface area contributed by atoms with Crippen molar-refractivity contribution in [3.63, 3.8) is 0 Å². The van der Waals surface area contributed by atoms with E-state index in [0.717, 1.165) is 5.65 Å². The van der Waals surface area contributed by atoms with Gasteiger partial charge < -0.3 is 14.5 Å². The highest BCUT2D eigenvalue weighted by molar-refractivity contribution is 5.98. The van der Waals surface area contributed by atoms with Gasteiger partial charge in [-0.2, -0.15) is 0 Å². The van der Waals surface area contributed by atoms with E-state index in [9.17, 15) is 9.59 Å². The third-order valence-electron chi connectivity index (χ3n) is 4.55. The van der Waals surface area contributed by atoms with Crippen LogP contribution in [-0.2, 0) is 16.1 Å². The van der Waals surface area contributed by atoms with Crippen LogP contribution in [0, 0.1) is 0 Å². The predicted octanol–water partition coefficient (Wildman–Crippen LogP) is 1.50. The van der Waals surface area contributed by atoms with Gasteiger partial charge in [0.15, 0.2) is 18.1 Å². The molecular weight excluding hydrogens is 346 g/mol. The van der Waals surface area contributed by atoms with E-state index >= 15 is 0 Å². The Morgan fingerprint density at radius 1 is 1.19 bits per heavy atom. The fraction of sp³-hybridized carbons (Fsp3) is 0.263. The van der Waals surface area contributed by atoms with Crippen molar-refractivity contribution in [2.24, 2.45) is 0 Å². The van der Waals surface area contributed by atoms with Crippen molar-refractivity contribution >= 4 is 23.1 Å². The predicted molar refractivity (Wildman–Crippen MR) is 98.4 cm³/mol. The number of amides is 2. The highest BCUT2D eigenvalue weighted by Crippen LogP contribution is 2.31. The van der Waals surface area contributed by atoms with Crippen LogP contribution in [0.3, 0.4) is 0 Å². The number of carbonyl (C=O) groups is 2. The number of hydrogen-bond acceptors (Lipinski definition) is 5. The molecule has 3 heterocycles. The van der Waals surface area contributed by atoms with Crippen LogP contribution in [-0.4, -0.2) is 51.5 Å². The van der Waals surface area contributed by atoms with E-state index in [2.05, 4.69) is 10.2 Å². The maximum Gasteiger partial charge on any atom is 0.265 e. The zero-order valence-corrected chi connectivity index (χ0v) is 14.9. The first kappa shape index (κ1) is 17.0. The van der Waals surface area contributed by atoms with Crippen molar-refractivity contribution in [2.45, 2.75) is 13.0 Å². The number of aromatic nitrogens is 3. The zero-order chi connectivity index (χ0) is 18.8. The van der Waals surface area contributed by atoms with E-state index < -0.39 is 0 Å².